The van der Waals surface area contributed by atoms with E-state index < -0.39 is 11.8 Å². The number of imidazole rings is 1. The third-order valence-corrected chi connectivity index (χ3v) is 2.56. The number of aromatic nitrogens is 2. The van der Waals surface area contributed by atoms with E-state index in [1.165, 1.54) is 12.1 Å². The first-order chi connectivity index (χ1) is 9.25. The average molecular weight is 262 g/mol. The number of halogens is 1. The van der Waals surface area contributed by atoms with Gasteiger partial charge in [-0.15, -0.1) is 0 Å². The van der Waals surface area contributed by atoms with Crippen molar-refractivity contribution < 1.29 is 9.18 Å². The van der Waals surface area contributed by atoms with Crippen LogP contribution < -0.4 is 10.6 Å². The largest absolute Gasteiger partial charge is 0.338 e. The molecule has 0 bridgehead atoms. The van der Waals surface area contributed by atoms with Crippen molar-refractivity contribution in [3.63, 3.8) is 0 Å². The molecule has 0 atom stereocenters. The summed E-state index contributed by atoms with van der Waals surface area (Å²) in [6.45, 7) is 1.29. The number of anilines is 1. The Bertz CT molecular complexity index is 527. The topological polar surface area (TPSA) is 59.0 Å². The Hall–Kier alpha value is -2.37. The summed E-state index contributed by atoms with van der Waals surface area (Å²) in [7, 11) is 0. The van der Waals surface area contributed by atoms with Crippen LogP contribution in [0.2, 0.25) is 0 Å². The van der Waals surface area contributed by atoms with Crippen LogP contribution >= 0.6 is 0 Å². The summed E-state index contributed by atoms with van der Waals surface area (Å²) < 4.78 is 15.2. The standard InChI is InChI=1S/C13H15FN4O/c14-11-4-1-2-5-12(11)17-13(19)16-6-3-8-18-9-7-15-10-18/h1-2,4-5,7,9-10H,3,6,8H2,(H2,16,17,19). The molecule has 2 amide bonds. The van der Waals surface area contributed by atoms with E-state index in [-0.39, 0.29) is 5.69 Å². The molecule has 0 aliphatic rings. The summed E-state index contributed by atoms with van der Waals surface area (Å²) in [6.07, 6.45) is 6.07. The Morgan fingerprint density at radius 2 is 2.21 bits per heavy atom. The number of amides is 2. The van der Waals surface area contributed by atoms with Crippen LogP contribution in [0.5, 0.6) is 0 Å². The molecule has 0 saturated heterocycles. The summed E-state index contributed by atoms with van der Waals surface area (Å²) in [4.78, 5) is 15.4. The molecule has 1 aromatic carbocycles. The van der Waals surface area contributed by atoms with E-state index in [1.54, 1.807) is 24.7 Å². The van der Waals surface area contributed by atoms with Gasteiger partial charge in [0, 0.05) is 25.5 Å². The van der Waals surface area contributed by atoms with Crippen molar-refractivity contribution >= 4 is 11.7 Å². The zero-order valence-electron chi connectivity index (χ0n) is 10.3. The van der Waals surface area contributed by atoms with Gasteiger partial charge in [-0.1, -0.05) is 12.1 Å². The van der Waals surface area contributed by atoms with Gasteiger partial charge in [0.05, 0.1) is 12.0 Å². The molecular weight excluding hydrogens is 247 g/mol. The number of para-hydroxylation sites is 1. The van der Waals surface area contributed by atoms with Crippen molar-refractivity contribution in [3.05, 3.63) is 48.8 Å². The summed E-state index contributed by atoms with van der Waals surface area (Å²) in [5.41, 5.74) is 0.176. The van der Waals surface area contributed by atoms with E-state index in [0.29, 0.717) is 6.54 Å². The Morgan fingerprint density at radius 3 is 2.95 bits per heavy atom. The summed E-state index contributed by atoms with van der Waals surface area (Å²) in [5.74, 6) is -0.448. The number of carbonyl (C=O) groups is 1. The highest BCUT2D eigenvalue weighted by Gasteiger charge is 2.04. The highest BCUT2D eigenvalue weighted by Crippen LogP contribution is 2.11. The van der Waals surface area contributed by atoms with Crippen LogP contribution in [0.4, 0.5) is 14.9 Å². The van der Waals surface area contributed by atoms with Crippen molar-refractivity contribution in [1.82, 2.24) is 14.9 Å². The second-order valence-corrected chi connectivity index (χ2v) is 4.01. The van der Waals surface area contributed by atoms with E-state index in [0.717, 1.165) is 13.0 Å². The number of carbonyl (C=O) groups excluding carboxylic acids is 1. The zero-order valence-corrected chi connectivity index (χ0v) is 10.3. The Morgan fingerprint density at radius 1 is 1.37 bits per heavy atom. The molecule has 2 aromatic rings. The number of hydrogen-bond acceptors (Lipinski definition) is 2. The molecule has 1 heterocycles. The molecule has 0 radical (unpaired) electrons. The summed E-state index contributed by atoms with van der Waals surface area (Å²) in [5, 5.41) is 5.13. The molecule has 2 rings (SSSR count). The molecule has 6 heteroatoms. The molecular formula is C13H15FN4O. The minimum Gasteiger partial charge on any atom is -0.338 e. The van der Waals surface area contributed by atoms with Crippen molar-refractivity contribution in [3.8, 4) is 0 Å². The summed E-state index contributed by atoms with van der Waals surface area (Å²) in [6, 6.07) is 5.65. The lowest BCUT2D eigenvalue weighted by molar-refractivity contribution is 0.251. The monoisotopic (exact) mass is 262 g/mol. The molecule has 19 heavy (non-hydrogen) atoms. The molecule has 0 aliphatic carbocycles. The number of rotatable bonds is 5. The quantitative estimate of drug-likeness (QED) is 0.812. The average Bonchev–Trinajstić information content (AvgIpc) is 2.91. The molecule has 0 saturated carbocycles. The lowest BCUT2D eigenvalue weighted by atomic mass is 10.3. The van der Waals surface area contributed by atoms with Gasteiger partial charge in [0.25, 0.3) is 0 Å². The van der Waals surface area contributed by atoms with Gasteiger partial charge in [-0.3, -0.25) is 0 Å². The molecule has 0 unspecified atom stereocenters. The van der Waals surface area contributed by atoms with Gasteiger partial charge in [0.1, 0.15) is 5.82 Å². The van der Waals surface area contributed by atoms with Crippen LogP contribution in [0.15, 0.2) is 43.0 Å². The van der Waals surface area contributed by atoms with E-state index in [2.05, 4.69) is 15.6 Å². The number of nitrogens with one attached hydrogen (secondary N) is 2. The fraction of sp³-hybridized carbons (Fsp3) is 0.231. The van der Waals surface area contributed by atoms with Gasteiger partial charge >= 0.3 is 6.03 Å². The van der Waals surface area contributed by atoms with Crippen LogP contribution in [-0.2, 0) is 6.54 Å². The van der Waals surface area contributed by atoms with Gasteiger partial charge in [-0.25, -0.2) is 14.2 Å². The third kappa shape index (κ3) is 4.09. The minimum atomic E-state index is -0.448. The molecule has 0 spiro atoms. The van der Waals surface area contributed by atoms with Crippen LogP contribution in [0, 0.1) is 5.82 Å². The van der Waals surface area contributed by atoms with Crippen LogP contribution in [-0.4, -0.2) is 22.1 Å². The van der Waals surface area contributed by atoms with E-state index in [1.807, 2.05) is 10.8 Å². The first-order valence-electron chi connectivity index (χ1n) is 6.01. The molecule has 2 N–H and O–H groups in total. The molecule has 100 valence electrons. The van der Waals surface area contributed by atoms with Crippen molar-refractivity contribution in [2.45, 2.75) is 13.0 Å². The van der Waals surface area contributed by atoms with Gasteiger partial charge in [0.15, 0.2) is 0 Å². The summed E-state index contributed by atoms with van der Waals surface area (Å²) >= 11 is 0. The number of hydrogen-bond donors (Lipinski definition) is 2. The van der Waals surface area contributed by atoms with Crippen molar-refractivity contribution in [1.29, 1.82) is 0 Å². The predicted octanol–water partition coefficient (Wildman–Crippen LogP) is 2.23. The van der Waals surface area contributed by atoms with Crippen molar-refractivity contribution in [2.75, 3.05) is 11.9 Å². The molecule has 5 nitrogen and oxygen atoms in total. The predicted molar refractivity (Wildman–Crippen MR) is 70.3 cm³/mol. The molecule has 0 fully saturated rings. The SMILES string of the molecule is O=C(NCCCn1ccnc1)Nc1ccccc1F. The zero-order chi connectivity index (χ0) is 13.5. The van der Waals surface area contributed by atoms with Crippen LogP contribution in [0.1, 0.15) is 6.42 Å². The maximum atomic E-state index is 13.3. The second kappa shape index (κ2) is 6.53. The third-order valence-electron chi connectivity index (χ3n) is 2.56. The highest BCUT2D eigenvalue weighted by molar-refractivity contribution is 5.89. The van der Waals surface area contributed by atoms with Crippen LogP contribution in [0.25, 0.3) is 0 Å². The Labute approximate surface area is 110 Å². The Balaban J connectivity index is 1.69. The number of nitrogens with zero attached hydrogens (tertiary/aromatic N) is 2. The normalized spacial score (nSPS) is 10.2. The molecule has 1 aromatic heterocycles. The van der Waals surface area contributed by atoms with Crippen molar-refractivity contribution in [2.24, 2.45) is 0 Å². The number of benzene rings is 1. The Kier molecular flexibility index (Phi) is 4.49. The number of aryl methyl sites for hydroxylation is 1. The van der Waals surface area contributed by atoms with E-state index in [9.17, 15) is 9.18 Å². The lowest BCUT2D eigenvalue weighted by Crippen LogP contribution is -2.30. The number of urea groups is 1. The minimum absolute atomic E-state index is 0.176. The van der Waals surface area contributed by atoms with Gasteiger partial charge in [-0.05, 0) is 18.6 Å². The van der Waals surface area contributed by atoms with Gasteiger partial charge in [-0.2, -0.15) is 0 Å². The smallest absolute Gasteiger partial charge is 0.319 e. The first-order valence-corrected chi connectivity index (χ1v) is 6.01. The highest BCUT2D eigenvalue weighted by atomic mass is 19.1. The maximum absolute atomic E-state index is 13.3. The second-order valence-electron chi connectivity index (χ2n) is 4.01. The van der Waals surface area contributed by atoms with E-state index in [4.69, 9.17) is 0 Å². The fourth-order valence-corrected chi connectivity index (χ4v) is 1.61. The van der Waals surface area contributed by atoms with Crippen LogP contribution in [0.3, 0.4) is 0 Å². The fourth-order valence-electron chi connectivity index (χ4n) is 1.61. The maximum Gasteiger partial charge on any atom is 0.319 e. The first kappa shape index (κ1) is 13.1. The van der Waals surface area contributed by atoms with E-state index >= 15 is 0 Å². The lowest BCUT2D eigenvalue weighted by Gasteiger charge is -2.08. The van der Waals surface area contributed by atoms with Gasteiger partial charge in [0.2, 0.25) is 0 Å². The molecule has 0 aliphatic heterocycles. The van der Waals surface area contributed by atoms with Gasteiger partial charge < -0.3 is 15.2 Å².